The molecular weight excluding hydrogens is 274 g/mol. The van der Waals surface area contributed by atoms with Crippen LogP contribution in [0.1, 0.15) is 18.1 Å². The molecule has 2 aromatic rings. The molecule has 0 aliphatic heterocycles. The predicted molar refractivity (Wildman–Crippen MR) is 84.8 cm³/mol. The third-order valence-corrected chi connectivity index (χ3v) is 4.24. The Morgan fingerprint density at radius 3 is 2.74 bits per heavy atom. The number of nitrogens with one attached hydrogen (secondary N) is 1. The van der Waals surface area contributed by atoms with Gasteiger partial charge in [-0.3, -0.25) is 0 Å². The van der Waals surface area contributed by atoms with Crippen LogP contribution < -0.4 is 5.32 Å². The molecule has 0 aliphatic carbocycles. The highest BCUT2D eigenvalue weighted by atomic mass is 35.5. The van der Waals surface area contributed by atoms with Crippen molar-refractivity contribution < 1.29 is 0 Å². The smallest absolute Gasteiger partial charge is 0.0446 e. The highest BCUT2D eigenvalue weighted by Gasteiger charge is 2.01. The van der Waals surface area contributed by atoms with Crippen molar-refractivity contribution in [3.8, 4) is 0 Å². The fraction of sp³-hybridized carbons (Fsp3) is 0.250. The Hall–Kier alpha value is -0.960. The molecule has 0 fully saturated rings. The minimum Gasteiger partial charge on any atom is -0.313 e. The van der Waals surface area contributed by atoms with E-state index in [-0.39, 0.29) is 0 Å². The average Bonchev–Trinajstić information content (AvgIpc) is 2.45. The van der Waals surface area contributed by atoms with Crippen LogP contribution in [0, 0.1) is 0 Å². The summed E-state index contributed by atoms with van der Waals surface area (Å²) in [6, 6.07) is 16.7. The number of hydrogen-bond acceptors (Lipinski definition) is 2. The second kappa shape index (κ2) is 7.59. The largest absolute Gasteiger partial charge is 0.313 e. The van der Waals surface area contributed by atoms with Gasteiger partial charge in [0.05, 0.1) is 0 Å². The van der Waals surface area contributed by atoms with Crippen LogP contribution in [0.5, 0.6) is 0 Å². The molecule has 0 saturated carbocycles. The zero-order valence-electron chi connectivity index (χ0n) is 11.0. The van der Waals surface area contributed by atoms with Crippen molar-refractivity contribution in [2.75, 3.05) is 6.54 Å². The zero-order chi connectivity index (χ0) is 13.5. The molecule has 0 spiro atoms. The van der Waals surface area contributed by atoms with Crippen molar-refractivity contribution in [1.29, 1.82) is 0 Å². The van der Waals surface area contributed by atoms with E-state index in [4.69, 9.17) is 11.6 Å². The summed E-state index contributed by atoms with van der Waals surface area (Å²) < 4.78 is 0. The maximum absolute atomic E-state index is 6.17. The Balaban J connectivity index is 1.98. The van der Waals surface area contributed by atoms with Crippen molar-refractivity contribution >= 4 is 23.4 Å². The SMILES string of the molecule is CCNCc1cccc(SCc2ccccc2Cl)c1. The lowest BCUT2D eigenvalue weighted by Crippen LogP contribution is -2.11. The lowest BCUT2D eigenvalue weighted by Gasteiger charge is -2.07. The minimum absolute atomic E-state index is 0.846. The third-order valence-electron chi connectivity index (χ3n) is 2.83. The quantitative estimate of drug-likeness (QED) is 0.771. The van der Waals surface area contributed by atoms with Gasteiger partial charge in [-0.25, -0.2) is 0 Å². The van der Waals surface area contributed by atoms with E-state index in [1.165, 1.54) is 16.0 Å². The number of hydrogen-bond donors (Lipinski definition) is 1. The van der Waals surface area contributed by atoms with Crippen molar-refractivity contribution in [3.05, 3.63) is 64.7 Å². The summed E-state index contributed by atoms with van der Waals surface area (Å²) in [5, 5.41) is 4.19. The Bertz CT molecular complexity index is 528. The highest BCUT2D eigenvalue weighted by molar-refractivity contribution is 7.98. The van der Waals surface area contributed by atoms with Gasteiger partial charge >= 0.3 is 0 Å². The Morgan fingerprint density at radius 2 is 1.95 bits per heavy atom. The molecule has 0 bridgehead atoms. The van der Waals surface area contributed by atoms with Gasteiger partial charge in [-0.05, 0) is 35.9 Å². The van der Waals surface area contributed by atoms with Crippen molar-refractivity contribution in [2.45, 2.75) is 24.1 Å². The van der Waals surface area contributed by atoms with Crippen LogP contribution in [0.2, 0.25) is 5.02 Å². The van der Waals surface area contributed by atoms with E-state index in [1.54, 1.807) is 0 Å². The summed E-state index contributed by atoms with van der Waals surface area (Å²) in [7, 11) is 0. The van der Waals surface area contributed by atoms with Crippen molar-refractivity contribution in [1.82, 2.24) is 5.32 Å². The topological polar surface area (TPSA) is 12.0 Å². The van der Waals surface area contributed by atoms with Gasteiger partial charge in [0.2, 0.25) is 0 Å². The van der Waals surface area contributed by atoms with Gasteiger partial charge in [0.25, 0.3) is 0 Å². The first-order valence-corrected chi connectivity index (χ1v) is 7.82. The Kier molecular flexibility index (Phi) is 5.77. The van der Waals surface area contributed by atoms with Crippen LogP contribution in [-0.2, 0) is 12.3 Å². The summed E-state index contributed by atoms with van der Waals surface area (Å²) in [5.41, 5.74) is 2.51. The number of thioether (sulfide) groups is 1. The lowest BCUT2D eigenvalue weighted by atomic mass is 10.2. The molecule has 0 saturated heterocycles. The molecule has 0 amide bonds. The summed E-state index contributed by atoms with van der Waals surface area (Å²) in [6.07, 6.45) is 0. The van der Waals surface area contributed by atoms with E-state index < -0.39 is 0 Å². The maximum atomic E-state index is 6.17. The van der Waals surface area contributed by atoms with E-state index in [1.807, 2.05) is 30.0 Å². The van der Waals surface area contributed by atoms with Crippen LogP contribution in [0.25, 0.3) is 0 Å². The van der Waals surface area contributed by atoms with Crippen molar-refractivity contribution in [2.24, 2.45) is 0 Å². The van der Waals surface area contributed by atoms with Crippen LogP contribution in [-0.4, -0.2) is 6.54 Å². The minimum atomic E-state index is 0.846. The van der Waals surface area contributed by atoms with Crippen LogP contribution >= 0.6 is 23.4 Å². The molecule has 0 radical (unpaired) electrons. The Labute approximate surface area is 124 Å². The molecule has 0 aromatic heterocycles. The monoisotopic (exact) mass is 291 g/mol. The second-order valence-corrected chi connectivity index (χ2v) is 5.76. The molecule has 0 atom stereocenters. The van der Waals surface area contributed by atoms with Crippen LogP contribution in [0.15, 0.2) is 53.4 Å². The van der Waals surface area contributed by atoms with Crippen molar-refractivity contribution in [3.63, 3.8) is 0 Å². The maximum Gasteiger partial charge on any atom is 0.0446 e. The molecule has 3 heteroatoms. The molecule has 0 unspecified atom stereocenters. The third kappa shape index (κ3) is 4.57. The Morgan fingerprint density at radius 1 is 1.11 bits per heavy atom. The molecule has 0 heterocycles. The van der Waals surface area contributed by atoms with E-state index in [0.29, 0.717) is 0 Å². The summed E-state index contributed by atoms with van der Waals surface area (Å²) in [6.45, 7) is 4.05. The summed E-state index contributed by atoms with van der Waals surface area (Å²) >= 11 is 7.99. The summed E-state index contributed by atoms with van der Waals surface area (Å²) in [4.78, 5) is 1.29. The van der Waals surface area contributed by atoms with Gasteiger partial charge in [0.15, 0.2) is 0 Å². The lowest BCUT2D eigenvalue weighted by molar-refractivity contribution is 0.725. The predicted octanol–water partition coefficient (Wildman–Crippen LogP) is 4.74. The van der Waals surface area contributed by atoms with Crippen LogP contribution in [0.4, 0.5) is 0 Å². The average molecular weight is 292 g/mol. The fourth-order valence-corrected chi connectivity index (χ4v) is 3.06. The first-order valence-electron chi connectivity index (χ1n) is 6.45. The summed E-state index contributed by atoms with van der Waals surface area (Å²) in [5.74, 6) is 0.907. The van der Waals surface area contributed by atoms with Gasteiger partial charge in [-0.15, -0.1) is 11.8 Å². The van der Waals surface area contributed by atoms with E-state index >= 15 is 0 Å². The van der Waals surface area contributed by atoms with Gasteiger partial charge in [-0.1, -0.05) is 48.9 Å². The van der Waals surface area contributed by atoms with Gasteiger partial charge in [-0.2, -0.15) is 0 Å². The normalized spacial score (nSPS) is 10.6. The molecule has 1 nitrogen and oxygen atoms in total. The zero-order valence-corrected chi connectivity index (χ0v) is 12.6. The standard InChI is InChI=1S/C16H18ClNS/c1-2-18-11-13-6-5-8-15(10-13)19-12-14-7-3-4-9-16(14)17/h3-10,18H,2,11-12H2,1H3. The molecule has 2 aromatic carbocycles. The number of halogens is 1. The van der Waals surface area contributed by atoms with Crippen LogP contribution in [0.3, 0.4) is 0 Å². The fourth-order valence-electron chi connectivity index (χ4n) is 1.79. The molecule has 2 rings (SSSR count). The second-order valence-electron chi connectivity index (χ2n) is 4.31. The van der Waals surface area contributed by atoms with Gasteiger partial charge < -0.3 is 5.32 Å². The molecular formula is C16H18ClNS. The first-order chi connectivity index (χ1) is 9.29. The highest BCUT2D eigenvalue weighted by Crippen LogP contribution is 2.27. The molecule has 19 heavy (non-hydrogen) atoms. The molecule has 0 aliphatic rings. The first kappa shape index (κ1) is 14.4. The number of rotatable bonds is 6. The molecule has 100 valence electrons. The van der Waals surface area contributed by atoms with Gasteiger partial charge in [0, 0.05) is 22.2 Å². The molecule has 1 N–H and O–H groups in total. The van der Waals surface area contributed by atoms with Gasteiger partial charge in [0.1, 0.15) is 0 Å². The van der Waals surface area contributed by atoms with E-state index in [9.17, 15) is 0 Å². The van der Waals surface area contributed by atoms with E-state index in [0.717, 1.165) is 23.9 Å². The number of benzene rings is 2. The van der Waals surface area contributed by atoms with E-state index in [2.05, 4.69) is 42.6 Å².